The van der Waals surface area contributed by atoms with Crippen molar-refractivity contribution in [3.63, 3.8) is 0 Å². The zero-order chi connectivity index (χ0) is 21.5. The summed E-state index contributed by atoms with van der Waals surface area (Å²) in [6.45, 7) is 7.78. The fourth-order valence-electron chi connectivity index (χ4n) is 5.19. The highest BCUT2D eigenvalue weighted by Gasteiger charge is 2.59. The number of rotatable bonds is 5. The van der Waals surface area contributed by atoms with Gasteiger partial charge in [0.15, 0.2) is 0 Å². The van der Waals surface area contributed by atoms with Crippen LogP contribution in [0.25, 0.3) is 6.08 Å². The average molecular weight is 412 g/mol. The molecule has 1 saturated carbocycles. The molecule has 30 heavy (non-hydrogen) atoms. The summed E-state index contributed by atoms with van der Waals surface area (Å²) in [5.74, 6) is 0.824. The molecule has 2 heterocycles. The van der Waals surface area contributed by atoms with Gasteiger partial charge in [0.05, 0.1) is 11.8 Å². The maximum absolute atomic E-state index is 13.4. The molecule has 7 nitrogen and oxygen atoms in total. The van der Waals surface area contributed by atoms with Crippen LogP contribution in [0.2, 0.25) is 0 Å². The summed E-state index contributed by atoms with van der Waals surface area (Å²) in [6, 6.07) is 7.75. The van der Waals surface area contributed by atoms with E-state index in [9.17, 15) is 10.0 Å². The van der Waals surface area contributed by atoms with Gasteiger partial charge in [-0.1, -0.05) is 11.8 Å². The fraction of sp³-hybridized carbons (Fsp3) is 0.565. The Morgan fingerprint density at radius 1 is 1.23 bits per heavy atom. The molecular weight excluding hydrogens is 380 g/mol. The lowest BCUT2D eigenvalue weighted by molar-refractivity contribution is -0.647. The molecule has 1 aromatic heterocycles. The minimum absolute atomic E-state index is 0.124. The highest BCUT2D eigenvalue weighted by Crippen LogP contribution is 2.51. The first-order valence-electron chi connectivity index (χ1n) is 10.8. The second-order valence-corrected chi connectivity index (χ2v) is 9.02. The van der Waals surface area contributed by atoms with Crippen molar-refractivity contribution in [1.29, 1.82) is 0 Å². The molecule has 1 aliphatic heterocycles. The van der Waals surface area contributed by atoms with Crippen LogP contribution in [0.4, 0.5) is 0 Å². The van der Waals surface area contributed by atoms with Crippen molar-refractivity contribution in [1.82, 2.24) is 15.0 Å². The summed E-state index contributed by atoms with van der Waals surface area (Å²) in [4.78, 5) is 13.4. The smallest absolute Gasteiger partial charge is 0.227 e. The highest BCUT2D eigenvalue weighted by molar-refractivity contribution is 5.46. The topological polar surface area (TPSA) is 80.2 Å². The summed E-state index contributed by atoms with van der Waals surface area (Å²) in [5.41, 5.74) is 0.901. The maximum Gasteiger partial charge on any atom is 0.227 e. The standard InChI is InChI=1S/C23H31N4O3/c1-5-19-21(26(4)25-24-19)23(28)14-12-22(13-15-23)11-10-20(27(22)29)17-6-8-18(9-7-17)30-16(2)3/h5-9,16,20,28H,1,10-15H2,2-4H3/q+1. The summed E-state index contributed by atoms with van der Waals surface area (Å²) < 4.78 is 8.65. The third kappa shape index (κ3) is 3.45. The molecule has 4 rings (SSSR count). The van der Waals surface area contributed by atoms with E-state index in [1.165, 1.54) is 4.76 Å². The monoisotopic (exact) mass is 411 g/mol. The Bertz CT molecular complexity index is 940. The Hall–Kier alpha value is -2.54. The van der Waals surface area contributed by atoms with Crippen LogP contribution in [0.1, 0.15) is 75.4 Å². The SMILES string of the molecule is C=Cc1nnn(C)c1C1(O)CCC2(CCC(c3ccc(OC(C)C)cc3)[N+]2=O)CC1. The second-order valence-electron chi connectivity index (χ2n) is 9.02. The van der Waals surface area contributed by atoms with Gasteiger partial charge >= 0.3 is 0 Å². The quantitative estimate of drug-likeness (QED) is 0.751. The number of hydrogen-bond donors (Lipinski definition) is 1. The van der Waals surface area contributed by atoms with E-state index in [0.717, 1.165) is 24.2 Å². The number of benzene rings is 1. The van der Waals surface area contributed by atoms with Gasteiger partial charge in [-0.2, -0.15) is 0 Å². The first kappa shape index (κ1) is 20.7. The summed E-state index contributed by atoms with van der Waals surface area (Å²) in [5, 5.41) is 19.5. The Labute approximate surface area is 177 Å². The number of aromatic nitrogens is 3. The molecule has 2 aromatic rings. The van der Waals surface area contributed by atoms with Gasteiger partial charge in [0.25, 0.3) is 0 Å². The van der Waals surface area contributed by atoms with Crippen molar-refractivity contribution in [3.8, 4) is 5.75 Å². The van der Waals surface area contributed by atoms with Crippen molar-refractivity contribution in [3.05, 3.63) is 52.7 Å². The van der Waals surface area contributed by atoms with Gasteiger partial charge in [-0.15, -0.1) is 5.10 Å². The molecule has 0 bridgehead atoms. The van der Waals surface area contributed by atoms with E-state index in [1.54, 1.807) is 17.8 Å². The number of hydrogen-bond acceptors (Lipinski definition) is 5. The van der Waals surface area contributed by atoms with E-state index in [4.69, 9.17) is 4.74 Å². The Kier molecular flexibility index (Phi) is 5.26. The van der Waals surface area contributed by atoms with Crippen molar-refractivity contribution in [2.24, 2.45) is 7.05 Å². The number of nitroso groups, excluding NO2 is 1. The van der Waals surface area contributed by atoms with Crippen LogP contribution < -0.4 is 4.74 Å². The molecule has 1 unspecified atom stereocenters. The Morgan fingerprint density at radius 2 is 1.90 bits per heavy atom. The fourth-order valence-corrected chi connectivity index (χ4v) is 5.19. The van der Waals surface area contributed by atoms with Crippen molar-refractivity contribution < 1.29 is 14.6 Å². The van der Waals surface area contributed by atoms with Crippen molar-refractivity contribution in [2.75, 3.05) is 0 Å². The molecule has 1 N–H and O–H groups in total. The lowest BCUT2D eigenvalue weighted by atomic mass is 9.71. The zero-order valence-corrected chi connectivity index (χ0v) is 18.0. The van der Waals surface area contributed by atoms with Gasteiger partial charge in [-0.05, 0) is 57.0 Å². The molecular formula is C23H31N4O3+. The van der Waals surface area contributed by atoms with Crippen LogP contribution >= 0.6 is 0 Å². The molecule has 1 spiro atoms. The summed E-state index contributed by atoms with van der Waals surface area (Å²) in [6.07, 6.45) is 5.77. The van der Waals surface area contributed by atoms with Crippen molar-refractivity contribution >= 4 is 6.08 Å². The molecule has 1 aromatic carbocycles. The van der Waals surface area contributed by atoms with Gasteiger partial charge in [0.1, 0.15) is 17.0 Å². The third-order valence-corrected chi connectivity index (χ3v) is 6.77. The average Bonchev–Trinajstić information content (AvgIpc) is 3.26. The van der Waals surface area contributed by atoms with Gasteiger partial charge in [-0.3, -0.25) is 0 Å². The van der Waals surface area contributed by atoms with Crippen LogP contribution in [0.3, 0.4) is 0 Å². The van der Waals surface area contributed by atoms with Gasteiger partial charge in [0.2, 0.25) is 11.6 Å². The van der Waals surface area contributed by atoms with E-state index in [2.05, 4.69) is 16.9 Å². The largest absolute Gasteiger partial charge is 0.491 e. The molecule has 2 aliphatic rings. The minimum atomic E-state index is -1.03. The zero-order valence-electron chi connectivity index (χ0n) is 18.0. The first-order valence-corrected chi connectivity index (χ1v) is 10.8. The second kappa shape index (κ2) is 7.61. The summed E-state index contributed by atoms with van der Waals surface area (Å²) >= 11 is 0. The van der Waals surface area contributed by atoms with Gasteiger partial charge in [-0.25, -0.2) is 4.68 Å². The van der Waals surface area contributed by atoms with Crippen LogP contribution in [0.15, 0.2) is 30.8 Å². The van der Waals surface area contributed by atoms with Gasteiger partial charge in [0, 0.05) is 48.0 Å². The van der Waals surface area contributed by atoms with E-state index < -0.39 is 11.1 Å². The van der Waals surface area contributed by atoms with E-state index in [1.807, 2.05) is 38.1 Å². The van der Waals surface area contributed by atoms with Crippen molar-refractivity contribution in [2.45, 2.75) is 75.7 Å². The minimum Gasteiger partial charge on any atom is -0.491 e. The summed E-state index contributed by atoms with van der Waals surface area (Å²) in [7, 11) is 1.79. The lowest BCUT2D eigenvalue weighted by Gasteiger charge is -2.37. The van der Waals surface area contributed by atoms with Gasteiger partial charge < -0.3 is 9.84 Å². The van der Waals surface area contributed by atoms with Crippen LogP contribution in [0.5, 0.6) is 5.75 Å². The number of aryl methyl sites for hydroxylation is 1. The van der Waals surface area contributed by atoms with E-state index in [0.29, 0.717) is 37.1 Å². The molecule has 2 fully saturated rings. The Morgan fingerprint density at radius 3 is 2.50 bits per heavy atom. The highest BCUT2D eigenvalue weighted by atomic mass is 16.5. The Balaban J connectivity index is 1.49. The normalized spacial score (nSPS) is 29.0. The predicted octanol–water partition coefficient (Wildman–Crippen LogP) is 4.06. The third-order valence-electron chi connectivity index (χ3n) is 6.77. The lowest BCUT2D eigenvalue weighted by Crippen LogP contribution is -2.46. The van der Waals surface area contributed by atoms with E-state index >= 15 is 0 Å². The molecule has 1 atom stereocenters. The molecule has 0 radical (unpaired) electrons. The molecule has 7 heteroatoms. The van der Waals surface area contributed by atoms with Crippen LogP contribution in [-0.4, -0.2) is 36.5 Å². The van der Waals surface area contributed by atoms with Crippen LogP contribution in [-0.2, 0) is 12.6 Å². The van der Waals surface area contributed by atoms with Crippen LogP contribution in [0, 0.1) is 4.91 Å². The number of ether oxygens (including phenoxy) is 1. The first-order chi connectivity index (χ1) is 14.3. The maximum atomic E-state index is 13.4. The molecule has 0 amide bonds. The predicted molar refractivity (Wildman–Crippen MR) is 114 cm³/mol. The number of nitrogens with zero attached hydrogens (tertiary/aromatic N) is 4. The number of aliphatic hydroxyl groups is 1. The molecule has 1 saturated heterocycles. The molecule has 160 valence electrons. The van der Waals surface area contributed by atoms with E-state index in [-0.39, 0.29) is 12.1 Å². The molecule has 1 aliphatic carbocycles.